The normalized spacial score (nSPS) is 12.7. The molecule has 5 nitrogen and oxygen atoms in total. The molecule has 0 spiro atoms. The first-order chi connectivity index (χ1) is 13.8. The van der Waals surface area contributed by atoms with Crippen LogP contribution in [0.25, 0.3) is 0 Å². The zero-order valence-electron chi connectivity index (χ0n) is 16.0. The molecule has 152 valence electrons. The molecule has 0 aliphatic heterocycles. The molecule has 0 heterocycles. The van der Waals surface area contributed by atoms with Crippen LogP contribution in [-0.2, 0) is 23.0 Å². The van der Waals surface area contributed by atoms with Gasteiger partial charge in [0.25, 0.3) is 0 Å². The Labute approximate surface area is 170 Å². The zero-order valence-corrected chi connectivity index (χ0v) is 16.8. The molecule has 0 bridgehead atoms. The van der Waals surface area contributed by atoms with Crippen LogP contribution in [0.15, 0.2) is 83.8 Å². The molecule has 0 aliphatic carbocycles. The van der Waals surface area contributed by atoms with E-state index in [-0.39, 0.29) is 17.3 Å². The van der Waals surface area contributed by atoms with Crippen molar-refractivity contribution < 1.29 is 17.9 Å². The summed E-state index contributed by atoms with van der Waals surface area (Å²) in [5, 5.41) is 13.1. The molecule has 0 saturated heterocycles. The molecule has 1 unspecified atom stereocenters. The van der Waals surface area contributed by atoms with Gasteiger partial charge in [-0.1, -0.05) is 42.5 Å². The second-order valence-corrected chi connectivity index (χ2v) is 8.81. The number of halogens is 1. The molecular formula is C22H23FN2O3S. The van der Waals surface area contributed by atoms with Crippen molar-refractivity contribution in [3.63, 3.8) is 0 Å². The fourth-order valence-corrected chi connectivity index (χ4v) is 4.07. The van der Waals surface area contributed by atoms with Crippen molar-refractivity contribution in [2.45, 2.75) is 24.1 Å². The van der Waals surface area contributed by atoms with Gasteiger partial charge in [0.2, 0.25) is 10.0 Å². The summed E-state index contributed by atoms with van der Waals surface area (Å²) in [6.07, 6.45) is -0.594. The van der Waals surface area contributed by atoms with Gasteiger partial charge in [-0.3, -0.25) is 0 Å². The summed E-state index contributed by atoms with van der Waals surface area (Å²) >= 11 is 0. The van der Waals surface area contributed by atoms with Crippen LogP contribution < -0.4 is 5.32 Å². The second-order valence-electron chi connectivity index (χ2n) is 6.76. The highest BCUT2D eigenvalue weighted by molar-refractivity contribution is 7.89. The fourth-order valence-electron chi connectivity index (χ4n) is 2.92. The predicted molar refractivity (Wildman–Crippen MR) is 111 cm³/mol. The maximum Gasteiger partial charge on any atom is 0.243 e. The Bertz CT molecular complexity index is 1020. The topological polar surface area (TPSA) is 69.6 Å². The van der Waals surface area contributed by atoms with E-state index in [4.69, 9.17) is 0 Å². The number of hydrogen-bond acceptors (Lipinski definition) is 4. The Hall–Kier alpha value is -2.74. The standard InChI is InChI=1S/C22H23FN2O3S/c1-25(16-18-5-3-2-4-6-18)29(27,28)21-13-11-20(12-14-21)24-22(26)15-17-7-9-19(23)10-8-17/h2-14,22,24,26H,15-16H2,1H3. The van der Waals surface area contributed by atoms with Crippen LogP contribution in [0.5, 0.6) is 0 Å². The average molecular weight is 415 g/mol. The van der Waals surface area contributed by atoms with Crippen molar-refractivity contribution in [2.75, 3.05) is 12.4 Å². The SMILES string of the molecule is CN(Cc1ccccc1)S(=O)(=O)c1ccc(NC(O)Cc2ccc(F)cc2)cc1. The summed E-state index contributed by atoms with van der Waals surface area (Å²) < 4.78 is 39.8. The highest BCUT2D eigenvalue weighted by Gasteiger charge is 2.20. The van der Waals surface area contributed by atoms with Crippen LogP contribution in [0.3, 0.4) is 0 Å². The van der Waals surface area contributed by atoms with Crippen LogP contribution in [0.4, 0.5) is 10.1 Å². The van der Waals surface area contributed by atoms with E-state index in [1.54, 1.807) is 31.3 Å². The Kier molecular flexibility index (Phi) is 6.64. The van der Waals surface area contributed by atoms with Crippen LogP contribution in [-0.4, -0.2) is 31.1 Å². The van der Waals surface area contributed by atoms with E-state index in [1.165, 1.54) is 28.6 Å². The minimum Gasteiger partial charge on any atom is -0.373 e. The van der Waals surface area contributed by atoms with Crippen LogP contribution >= 0.6 is 0 Å². The van der Waals surface area contributed by atoms with Crippen LogP contribution in [0.2, 0.25) is 0 Å². The van der Waals surface area contributed by atoms with E-state index < -0.39 is 16.3 Å². The van der Waals surface area contributed by atoms with Gasteiger partial charge in [-0.05, 0) is 47.5 Å². The minimum absolute atomic E-state index is 0.175. The highest BCUT2D eigenvalue weighted by atomic mass is 32.2. The number of nitrogens with one attached hydrogen (secondary N) is 1. The molecule has 3 aromatic carbocycles. The molecule has 3 rings (SSSR count). The predicted octanol–water partition coefficient (Wildman–Crippen LogP) is 3.62. The molecule has 0 amide bonds. The smallest absolute Gasteiger partial charge is 0.243 e. The third-order valence-electron chi connectivity index (χ3n) is 4.49. The van der Waals surface area contributed by atoms with Crippen molar-refractivity contribution >= 4 is 15.7 Å². The Morgan fingerprint density at radius 3 is 2.17 bits per heavy atom. The summed E-state index contributed by atoms with van der Waals surface area (Å²) in [5.74, 6) is -0.328. The average Bonchev–Trinajstić information content (AvgIpc) is 2.71. The second kappa shape index (κ2) is 9.17. The van der Waals surface area contributed by atoms with Gasteiger partial charge in [0.1, 0.15) is 12.0 Å². The first kappa shape index (κ1) is 21.0. The first-order valence-electron chi connectivity index (χ1n) is 9.14. The number of hydrogen-bond donors (Lipinski definition) is 2. The van der Waals surface area contributed by atoms with Crippen LogP contribution in [0, 0.1) is 5.82 Å². The van der Waals surface area contributed by atoms with Gasteiger partial charge in [0.05, 0.1) is 4.90 Å². The van der Waals surface area contributed by atoms with Gasteiger partial charge in [-0.25, -0.2) is 12.8 Å². The lowest BCUT2D eigenvalue weighted by Crippen LogP contribution is -2.26. The molecule has 1 atom stereocenters. The maximum atomic E-state index is 13.0. The van der Waals surface area contributed by atoms with Gasteiger partial charge in [-0.2, -0.15) is 4.31 Å². The van der Waals surface area contributed by atoms with Crippen molar-refractivity contribution in [2.24, 2.45) is 0 Å². The molecule has 0 fully saturated rings. The molecule has 0 radical (unpaired) electrons. The summed E-state index contributed by atoms with van der Waals surface area (Å²) in [4.78, 5) is 0.175. The number of rotatable bonds is 8. The zero-order chi connectivity index (χ0) is 20.9. The fraction of sp³-hybridized carbons (Fsp3) is 0.182. The number of anilines is 1. The molecule has 29 heavy (non-hydrogen) atoms. The van der Waals surface area contributed by atoms with Crippen molar-refractivity contribution in [3.8, 4) is 0 Å². The van der Waals surface area contributed by atoms with Crippen molar-refractivity contribution in [3.05, 3.63) is 95.8 Å². The number of aliphatic hydroxyl groups excluding tert-OH is 1. The van der Waals surface area contributed by atoms with E-state index in [9.17, 15) is 17.9 Å². The van der Waals surface area contributed by atoms with Crippen molar-refractivity contribution in [1.29, 1.82) is 0 Å². The third-order valence-corrected chi connectivity index (χ3v) is 6.30. The lowest BCUT2D eigenvalue weighted by molar-refractivity contribution is 0.204. The first-order valence-corrected chi connectivity index (χ1v) is 10.6. The molecule has 0 saturated carbocycles. The number of aliphatic hydroxyl groups is 1. The Balaban J connectivity index is 1.63. The van der Waals surface area contributed by atoms with E-state index >= 15 is 0 Å². The van der Waals surface area contributed by atoms with Gasteiger partial charge in [-0.15, -0.1) is 0 Å². The Morgan fingerprint density at radius 2 is 1.55 bits per heavy atom. The minimum atomic E-state index is -3.63. The number of benzene rings is 3. The van der Waals surface area contributed by atoms with Gasteiger partial charge >= 0.3 is 0 Å². The van der Waals surface area contributed by atoms with E-state index in [0.29, 0.717) is 12.1 Å². The summed E-state index contributed by atoms with van der Waals surface area (Å²) in [6.45, 7) is 0.277. The molecular weight excluding hydrogens is 391 g/mol. The van der Waals surface area contributed by atoms with Crippen molar-refractivity contribution in [1.82, 2.24) is 4.31 Å². The lowest BCUT2D eigenvalue weighted by atomic mass is 10.1. The van der Waals surface area contributed by atoms with E-state index in [2.05, 4.69) is 5.32 Å². The summed E-state index contributed by atoms with van der Waals surface area (Å²) in [7, 11) is -2.08. The van der Waals surface area contributed by atoms with Gasteiger partial charge < -0.3 is 10.4 Å². The number of nitrogens with zero attached hydrogens (tertiary/aromatic N) is 1. The van der Waals surface area contributed by atoms with Crippen LogP contribution in [0.1, 0.15) is 11.1 Å². The number of sulfonamides is 1. The third kappa shape index (κ3) is 5.63. The molecule has 0 aromatic heterocycles. The van der Waals surface area contributed by atoms with E-state index in [1.807, 2.05) is 30.3 Å². The monoisotopic (exact) mass is 414 g/mol. The molecule has 0 aliphatic rings. The van der Waals surface area contributed by atoms with E-state index in [0.717, 1.165) is 11.1 Å². The maximum absolute atomic E-state index is 13.0. The van der Waals surface area contributed by atoms with Gasteiger partial charge in [0, 0.05) is 25.7 Å². The molecule has 7 heteroatoms. The molecule has 3 aromatic rings. The highest BCUT2D eigenvalue weighted by Crippen LogP contribution is 2.20. The lowest BCUT2D eigenvalue weighted by Gasteiger charge is -2.18. The summed E-state index contributed by atoms with van der Waals surface area (Å²) in [5.41, 5.74) is 2.28. The molecule has 2 N–H and O–H groups in total. The quantitative estimate of drug-likeness (QED) is 0.553. The van der Waals surface area contributed by atoms with Gasteiger partial charge in [0.15, 0.2) is 0 Å². The largest absolute Gasteiger partial charge is 0.373 e. The summed E-state index contributed by atoms with van der Waals surface area (Å²) in [6, 6.07) is 21.5. The Morgan fingerprint density at radius 1 is 0.931 bits per heavy atom.